The van der Waals surface area contributed by atoms with Gasteiger partial charge in [-0.25, -0.2) is 0 Å². The van der Waals surface area contributed by atoms with Gasteiger partial charge in [-0.1, -0.05) is 6.07 Å². The van der Waals surface area contributed by atoms with Gasteiger partial charge in [-0.2, -0.15) is 23.8 Å². The van der Waals surface area contributed by atoms with Gasteiger partial charge in [0.25, 0.3) is 16.0 Å². The van der Waals surface area contributed by atoms with E-state index in [-0.39, 0.29) is 33.8 Å². The maximum absolute atomic E-state index is 12.7. The molecule has 0 aliphatic heterocycles. The lowest BCUT2D eigenvalue weighted by Gasteiger charge is -2.09. The fourth-order valence-corrected chi connectivity index (χ4v) is 4.44. The third kappa shape index (κ3) is 6.38. The van der Waals surface area contributed by atoms with E-state index in [1.54, 1.807) is 60.7 Å². The van der Waals surface area contributed by atoms with Gasteiger partial charge in [0.2, 0.25) is 0 Å². The monoisotopic (exact) mass is 582 g/mol. The van der Waals surface area contributed by atoms with Gasteiger partial charge >= 0.3 is 0 Å². The summed E-state index contributed by atoms with van der Waals surface area (Å²) in [5, 5.41) is 39.5. The Hall–Kier alpha value is -5.66. The van der Waals surface area contributed by atoms with Crippen LogP contribution in [0.2, 0.25) is 0 Å². The predicted octanol–water partition coefficient (Wildman–Crippen LogP) is 7.16. The first-order valence-corrected chi connectivity index (χ1v) is 13.7. The van der Waals surface area contributed by atoms with Crippen LogP contribution in [0.1, 0.15) is 10.4 Å². The van der Waals surface area contributed by atoms with Crippen LogP contribution in [0.3, 0.4) is 0 Å². The number of phenolic OH excluding ortho intramolecular Hbond substituents is 2. The van der Waals surface area contributed by atoms with Gasteiger partial charge in [-0.15, -0.1) is 5.11 Å². The number of nitrogens with two attached hydrogens (primary N) is 1. The Kier molecular flexibility index (Phi) is 7.60. The number of nitrogens with zero attached hydrogens (tertiary/aromatic N) is 4. The van der Waals surface area contributed by atoms with Gasteiger partial charge in [0.1, 0.15) is 17.2 Å². The van der Waals surface area contributed by atoms with Crippen LogP contribution in [0.15, 0.2) is 122 Å². The summed E-state index contributed by atoms with van der Waals surface area (Å²) in [5.41, 5.74) is 8.80. The number of carbonyl (C=O) groups is 1. The van der Waals surface area contributed by atoms with E-state index in [0.29, 0.717) is 28.3 Å². The lowest BCUT2D eigenvalue weighted by atomic mass is 10.1. The predicted molar refractivity (Wildman–Crippen MR) is 157 cm³/mol. The number of rotatable bonds is 7. The summed E-state index contributed by atoms with van der Waals surface area (Å²) in [7, 11) is -4.53. The van der Waals surface area contributed by atoms with E-state index in [0.717, 1.165) is 6.07 Å². The number of benzene rings is 5. The highest BCUT2D eigenvalue weighted by atomic mass is 32.2. The molecule has 12 nitrogen and oxygen atoms in total. The van der Waals surface area contributed by atoms with E-state index in [1.165, 1.54) is 30.3 Å². The molecule has 0 bridgehead atoms. The number of hydrogen-bond donors (Lipinski definition) is 5. The van der Waals surface area contributed by atoms with Gasteiger partial charge in [0.05, 0.1) is 33.0 Å². The third-order valence-electron chi connectivity index (χ3n) is 6.02. The van der Waals surface area contributed by atoms with Crippen LogP contribution >= 0.6 is 0 Å². The zero-order valence-electron chi connectivity index (χ0n) is 21.6. The van der Waals surface area contributed by atoms with Crippen molar-refractivity contribution in [3.8, 4) is 11.5 Å². The van der Waals surface area contributed by atoms with E-state index in [1.807, 2.05) is 0 Å². The van der Waals surface area contributed by atoms with Gasteiger partial charge in [0, 0.05) is 17.3 Å². The number of fused-ring (bicyclic) bond motifs is 1. The van der Waals surface area contributed by atoms with Crippen molar-refractivity contribution in [1.29, 1.82) is 0 Å². The van der Waals surface area contributed by atoms with Gasteiger partial charge in [-0.05, 0) is 90.3 Å². The number of azo groups is 2. The average molecular weight is 583 g/mol. The number of nitrogens with one attached hydrogen (secondary N) is 1. The number of phenols is 2. The number of nitrogen functional groups attached to an aromatic ring is 1. The molecule has 6 N–H and O–H groups in total. The van der Waals surface area contributed by atoms with E-state index in [9.17, 15) is 28.0 Å². The maximum atomic E-state index is 12.7. The van der Waals surface area contributed by atoms with Crippen molar-refractivity contribution in [2.75, 3.05) is 11.1 Å². The highest BCUT2D eigenvalue weighted by molar-refractivity contribution is 7.85. The van der Waals surface area contributed by atoms with Gasteiger partial charge in [0.15, 0.2) is 0 Å². The number of amides is 1. The first kappa shape index (κ1) is 27.9. The van der Waals surface area contributed by atoms with Crippen LogP contribution in [-0.2, 0) is 10.1 Å². The Morgan fingerprint density at radius 2 is 1.26 bits per heavy atom. The molecule has 0 fully saturated rings. The number of aromatic hydroxyl groups is 2. The van der Waals surface area contributed by atoms with Crippen LogP contribution in [-0.4, -0.2) is 29.1 Å². The Morgan fingerprint density at radius 1 is 0.714 bits per heavy atom. The Morgan fingerprint density at radius 3 is 1.86 bits per heavy atom. The summed E-state index contributed by atoms with van der Waals surface area (Å²) >= 11 is 0. The largest absolute Gasteiger partial charge is 0.508 e. The van der Waals surface area contributed by atoms with Crippen molar-refractivity contribution in [2.24, 2.45) is 20.5 Å². The van der Waals surface area contributed by atoms with E-state index >= 15 is 0 Å². The molecule has 5 rings (SSSR count). The maximum Gasteiger partial charge on any atom is 0.294 e. The minimum absolute atomic E-state index is 0.111. The first-order valence-electron chi connectivity index (χ1n) is 12.2. The second-order valence-corrected chi connectivity index (χ2v) is 10.4. The van der Waals surface area contributed by atoms with E-state index in [2.05, 4.69) is 25.8 Å². The summed E-state index contributed by atoms with van der Waals surface area (Å²) in [4.78, 5) is 12.3. The second kappa shape index (κ2) is 11.4. The summed E-state index contributed by atoms with van der Waals surface area (Å²) in [6.45, 7) is 0. The molecule has 42 heavy (non-hydrogen) atoms. The Labute approximate surface area is 239 Å². The van der Waals surface area contributed by atoms with Gasteiger partial charge < -0.3 is 21.3 Å². The molecule has 5 aromatic carbocycles. The molecule has 0 heterocycles. The Bertz CT molecular complexity index is 1960. The molecule has 0 aromatic heterocycles. The topological polar surface area (TPSA) is 199 Å². The minimum Gasteiger partial charge on any atom is -0.508 e. The average Bonchev–Trinajstić information content (AvgIpc) is 2.97. The molecule has 5 aromatic rings. The molecule has 0 atom stereocenters. The van der Waals surface area contributed by atoms with Crippen molar-refractivity contribution in [2.45, 2.75) is 4.90 Å². The minimum atomic E-state index is -4.53. The lowest BCUT2D eigenvalue weighted by molar-refractivity contribution is 0.102. The van der Waals surface area contributed by atoms with Crippen molar-refractivity contribution in [1.82, 2.24) is 0 Å². The van der Waals surface area contributed by atoms with Crippen LogP contribution in [0.5, 0.6) is 11.5 Å². The van der Waals surface area contributed by atoms with Crippen molar-refractivity contribution in [3.05, 3.63) is 103 Å². The zero-order chi connectivity index (χ0) is 29.9. The normalized spacial score (nSPS) is 11.8. The molecule has 0 saturated carbocycles. The number of anilines is 2. The molecule has 210 valence electrons. The summed E-state index contributed by atoms with van der Waals surface area (Å²) in [6, 6.07) is 24.4. The SMILES string of the molecule is Nc1ccc2cc(S(=O)(=O)O)cc(O)c2c1N=Nc1ccc(C(=O)Nc2ccc(N=Nc3ccc(O)cc3)cc2)cc1. The number of carbonyl (C=O) groups excluding carboxylic acids is 1. The van der Waals surface area contributed by atoms with E-state index in [4.69, 9.17) is 5.73 Å². The zero-order valence-corrected chi connectivity index (χ0v) is 22.4. The first-order chi connectivity index (χ1) is 20.1. The molecule has 0 saturated heterocycles. The highest BCUT2D eigenvalue weighted by Gasteiger charge is 2.17. The second-order valence-electron chi connectivity index (χ2n) is 8.98. The molecular weight excluding hydrogens is 560 g/mol. The molecule has 1 amide bonds. The van der Waals surface area contributed by atoms with Gasteiger partial charge in [-0.3, -0.25) is 9.35 Å². The number of hydrogen-bond acceptors (Lipinski definition) is 10. The van der Waals surface area contributed by atoms with Crippen LogP contribution in [0, 0.1) is 0 Å². The molecule has 0 spiro atoms. The molecular formula is C29H22N6O6S. The van der Waals surface area contributed by atoms with Crippen molar-refractivity contribution in [3.63, 3.8) is 0 Å². The summed E-state index contributed by atoms with van der Waals surface area (Å²) in [6.07, 6.45) is 0. The summed E-state index contributed by atoms with van der Waals surface area (Å²) < 4.78 is 32.3. The molecule has 0 radical (unpaired) electrons. The summed E-state index contributed by atoms with van der Waals surface area (Å²) in [5.74, 6) is -0.654. The smallest absolute Gasteiger partial charge is 0.294 e. The Balaban J connectivity index is 1.27. The molecule has 0 aliphatic rings. The third-order valence-corrected chi connectivity index (χ3v) is 6.85. The fourth-order valence-electron chi connectivity index (χ4n) is 3.91. The van der Waals surface area contributed by atoms with E-state index < -0.39 is 20.8 Å². The fraction of sp³-hybridized carbons (Fsp3) is 0. The van der Waals surface area contributed by atoms with Crippen LogP contribution in [0.25, 0.3) is 10.8 Å². The lowest BCUT2D eigenvalue weighted by Crippen LogP contribution is -2.11. The highest BCUT2D eigenvalue weighted by Crippen LogP contribution is 2.40. The quantitative estimate of drug-likeness (QED) is 0.0760. The molecule has 13 heteroatoms. The molecule has 0 unspecified atom stereocenters. The van der Waals surface area contributed by atoms with Crippen molar-refractivity contribution < 1.29 is 28.0 Å². The standard InChI is InChI=1S/C29H22N6O6S/c30-25-14-3-18-15-24(42(39,40)41)16-26(37)27(18)28(25)35-34-20-4-1-17(2-5-20)29(38)31-19-6-8-21(9-7-19)32-33-22-10-12-23(36)13-11-22/h1-16,36-37H,30H2,(H,31,38)(H,39,40,41). The van der Waals surface area contributed by atoms with Crippen LogP contribution < -0.4 is 11.1 Å². The van der Waals surface area contributed by atoms with Crippen LogP contribution in [0.4, 0.5) is 34.1 Å². The van der Waals surface area contributed by atoms with Crippen molar-refractivity contribution >= 4 is 60.9 Å². The molecule has 0 aliphatic carbocycles.